The van der Waals surface area contributed by atoms with Gasteiger partial charge in [-0.25, -0.2) is 9.29 Å². The summed E-state index contributed by atoms with van der Waals surface area (Å²) >= 11 is 22.0. The molecule has 2 aliphatic heterocycles. The van der Waals surface area contributed by atoms with E-state index in [4.69, 9.17) is 37.4 Å². The third-order valence-electron chi connectivity index (χ3n) is 11.6. The van der Waals surface area contributed by atoms with E-state index in [0.29, 0.717) is 32.8 Å². The van der Waals surface area contributed by atoms with E-state index in [9.17, 15) is 28.7 Å². The highest BCUT2D eigenvalue weighted by molar-refractivity contribution is 9.13. The van der Waals surface area contributed by atoms with Crippen LogP contribution in [0.15, 0.2) is 93.4 Å². The number of carbonyl (C=O) groups is 4. The van der Waals surface area contributed by atoms with Crippen molar-refractivity contribution in [3.8, 4) is 23.0 Å². The number of hydrogen-bond donors (Lipinski definition) is 1. The maximum atomic E-state index is 14.7. The Balaban J connectivity index is 1.19. The smallest absolute Gasteiger partial charge is 0.258 e. The number of hydrogen-bond acceptors (Lipinski definition) is 8. The molecule has 4 amide bonds. The zero-order valence-corrected chi connectivity index (χ0v) is 35.7. The molecule has 15 heteroatoms. The van der Waals surface area contributed by atoms with E-state index in [2.05, 4.69) is 31.9 Å². The molecule has 8 rings (SSSR count). The van der Waals surface area contributed by atoms with Gasteiger partial charge in [-0.2, -0.15) is 0 Å². The molecule has 6 unspecified atom stereocenters. The Kier molecular flexibility index (Phi) is 10.3. The normalized spacial score (nSPS) is 26.4. The molecule has 10 nitrogen and oxygen atoms in total. The van der Waals surface area contributed by atoms with E-state index < -0.39 is 62.9 Å². The van der Waals surface area contributed by atoms with Gasteiger partial charge in [-0.05, 0) is 122 Å². The van der Waals surface area contributed by atoms with Crippen LogP contribution in [0.4, 0.5) is 15.8 Å². The van der Waals surface area contributed by atoms with Crippen LogP contribution >= 0.6 is 55.1 Å². The molecule has 1 N–H and O–H groups in total. The number of benzene rings is 4. The van der Waals surface area contributed by atoms with Crippen LogP contribution in [0.25, 0.3) is 12.2 Å². The number of alkyl halides is 2. The maximum Gasteiger partial charge on any atom is 0.258 e. The highest BCUT2D eigenvalue weighted by Crippen LogP contribution is 2.67. The van der Waals surface area contributed by atoms with Gasteiger partial charge in [-0.3, -0.25) is 24.1 Å². The van der Waals surface area contributed by atoms with E-state index >= 15 is 0 Å². The summed E-state index contributed by atoms with van der Waals surface area (Å²) in [6, 6.07) is 18.7. The molecule has 0 radical (unpaired) electrons. The fourth-order valence-electron chi connectivity index (χ4n) is 8.87. The quantitative estimate of drug-likeness (QED) is 0.0804. The van der Waals surface area contributed by atoms with Gasteiger partial charge in [0.1, 0.15) is 17.3 Å². The summed E-state index contributed by atoms with van der Waals surface area (Å²) in [6.07, 6.45) is 5.43. The number of rotatable bonds is 8. The first-order valence-electron chi connectivity index (χ1n) is 18.0. The highest BCUT2D eigenvalue weighted by Gasteiger charge is 2.77. The number of fused-ring (bicyclic) bond motifs is 4. The Labute approximate surface area is 359 Å². The lowest BCUT2D eigenvalue weighted by Crippen LogP contribution is -2.60. The molecule has 0 spiro atoms. The number of nitrogens with zero attached hydrogens (tertiary/aromatic N) is 2. The van der Waals surface area contributed by atoms with Crippen LogP contribution in [0.2, 0.25) is 0 Å². The van der Waals surface area contributed by atoms with Gasteiger partial charge in [0, 0.05) is 16.0 Å². The number of anilines is 2. The number of imide groups is 2. The minimum Gasteiger partial charge on any atom is -0.503 e. The summed E-state index contributed by atoms with van der Waals surface area (Å²) in [5.74, 6) is -5.82. The first-order valence-corrected chi connectivity index (χ1v) is 20.4. The van der Waals surface area contributed by atoms with Gasteiger partial charge in [-0.15, -0.1) is 23.2 Å². The summed E-state index contributed by atoms with van der Waals surface area (Å²) in [7, 11) is 4.52. The van der Waals surface area contributed by atoms with Crippen molar-refractivity contribution in [2.24, 2.45) is 17.8 Å². The van der Waals surface area contributed by atoms with Gasteiger partial charge in [0.2, 0.25) is 11.8 Å². The lowest BCUT2D eigenvalue weighted by atomic mass is 9.56. The van der Waals surface area contributed by atoms with E-state index in [1.807, 2.05) is 24.3 Å². The van der Waals surface area contributed by atoms with Gasteiger partial charge in [0.05, 0.1) is 49.0 Å². The number of ether oxygens (including phenoxy) is 3. The molecule has 2 aliphatic carbocycles. The third-order valence-corrected chi connectivity index (χ3v) is 15.2. The number of allylic oxidation sites excluding steroid dienone is 2. The molecule has 4 aromatic rings. The highest BCUT2D eigenvalue weighted by atomic mass is 79.9. The van der Waals surface area contributed by atoms with Crippen molar-refractivity contribution in [3.63, 3.8) is 0 Å². The Bertz CT molecular complexity index is 2480. The van der Waals surface area contributed by atoms with Gasteiger partial charge < -0.3 is 19.3 Å². The van der Waals surface area contributed by atoms with Gasteiger partial charge in [-0.1, -0.05) is 35.9 Å². The summed E-state index contributed by atoms with van der Waals surface area (Å²) in [6.45, 7) is 0. The van der Waals surface area contributed by atoms with Crippen LogP contribution < -0.4 is 24.0 Å². The second-order valence-electron chi connectivity index (χ2n) is 14.4. The zero-order chi connectivity index (χ0) is 41.4. The van der Waals surface area contributed by atoms with Crippen molar-refractivity contribution in [1.29, 1.82) is 0 Å². The number of aromatic hydroxyl groups is 1. The van der Waals surface area contributed by atoms with Crippen molar-refractivity contribution in [3.05, 3.63) is 116 Å². The van der Waals surface area contributed by atoms with Gasteiger partial charge in [0.15, 0.2) is 21.2 Å². The van der Waals surface area contributed by atoms with Crippen LogP contribution in [0.1, 0.15) is 35.4 Å². The Morgan fingerprint density at radius 2 is 1.43 bits per heavy atom. The molecule has 6 atom stereocenters. The topological polar surface area (TPSA) is 123 Å². The largest absolute Gasteiger partial charge is 0.503 e. The van der Waals surface area contributed by atoms with E-state index in [-0.39, 0.29) is 34.5 Å². The van der Waals surface area contributed by atoms with Crippen molar-refractivity contribution < 1.29 is 42.9 Å². The number of phenols is 1. The molecule has 4 aliphatic rings. The number of amides is 4. The Morgan fingerprint density at radius 3 is 2.09 bits per heavy atom. The standard InChI is InChI=1S/C43H33Br2Cl2FN2O8/c1-56-26-14-17-31(57-2)22(18-26)7-4-21-5-10-24(11-6-21)49-38(52)28-16-15-27-30(33(28)39(49)53)20-42(46)40(54)50(25-12-8-23(48)9-13-25)41(55)43(42,47)34(27)29-19-32(58-3)37(51)36(45)35(29)44/h4-15,17-19,28,30,33-34,51H,16,20H2,1-3H3. The minimum atomic E-state index is -2.19. The minimum absolute atomic E-state index is 0.0355. The van der Waals surface area contributed by atoms with Crippen molar-refractivity contribution in [2.75, 3.05) is 31.1 Å². The molecule has 4 aromatic carbocycles. The predicted octanol–water partition coefficient (Wildman–Crippen LogP) is 9.02. The van der Waals surface area contributed by atoms with Crippen LogP contribution in [0, 0.1) is 23.6 Å². The molecule has 298 valence electrons. The summed E-state index contributed by atoms with van der Waals surface area (Å²) < 4.78 is 30.8. The third kappa shape index (κ3) is 5.90. The van der Waals surface area contributed by atoms with Crippen molar-refractivity contribution >= 4 is 102 Å². The van der Waals surface area contributed by atoms with Crippen LogP contribution in [0.5, 0.6) is 23.0 Å². The van der Waals surface area contributed by atoms with Crippen LogP contribution in [0.3, 0.4) is 0 Å². The molecular weight excluding hydrogens is 922 g/mol. The molecule has 2 saturated heterocycles. The summed E-state index contributed by atoms with van der Waals surface area (Å²) in [5.41, 5.74) is 2.88. The second-order valence-corrected chi connectivity index (χ2v) is 17.3. The van der Waals surface area contributed by atoms with Gasteiger partial charge >= 0.3 is 0 Å². The summed E-state index contributed by atoms with van der Waals surface area (Å²) in [5, 5.41) is 10.9. The molecule has 3 fully saturated rings. The first-order chi connectivity index (χ1) is 27.7. The number of halogens is 5. The molecule has 2 heterocycles. The molecule has 58 heavy (non-hydrogen) atoms. The summed E-state index contributed by atoms with van der Waals surface area (Å²) in [4.78, 5) is 56.0. The predicted molar refractivity (Wildman–Crippen MR) is 224 cm³/mol. The molecule has 0 bridgehead atoms. The van der Waals surface area contributed by atoms with Crippen LogP contribution in [-0.4, -0.2) is 59.8 Å². The molecule has 1 saturated carbocycles. The lowest BCUT2D eigenvalue weighted by Gasteiger charge is -2.51. The van der Waals surface area contributed by atoms with E-state index in [1.165, 1.54) is 30.2 Å². The number of phenolic OH excluding ortho intramolecular Hbond substituents is 1. The second kappa shape index (κ2) is 14.8. The fourth-order valence-corrected chi connectivity index (χ4v) is 10.7. The average molecular weight is 955 g/mol. The van der Waals surface area contributed by atoms with Crippen molar-refractivity contribution in [2.45, 2.75) is 28.5 Å². The van der Waals surface area contributed by atoms with E-state index in [0.717, 1.165) is 28.2 Å². The van der Waals surface area contributed by atoms with Crippen LogP contribution in [-0.2, 0) is 19.2 Å². The molecule has 0 aromatic heterocycles. The Hall–Kier alpha value is -4.69. The van der Waals surface area contributed by atoms with Gasteiger partial charge in [0.25, 0.3) is 11.8 Å². The Morgan fingerprint density at radius 1 is 0.776 bits per heavy atom. The SMILES string of the molecule is COc1ccc(OC)c(C=Cc2ccc(N3C(=O)C4CC=C5C(CC6(Cl)C(=O)N(c7ccc(F)cc7)C(=O)C6(Cl)C5c5cc(OC)c(O)c(Br)c5Br)C4C3=O)cc2)c1. The lowest BCUT2D eigenvalue weighted by molar-refractivity contribution is -0.125. The zero-order valence-electron chi connectivity index (χ0n) is 31.0. The monoisotopic (exact) mass is 952 g/mol. The first kappa shape index (κ1) is 40.1. The maximum absolute atomic E-state index is 14.7. The van der Waals surface area contributed by atoms with E-state index in [1.54, 1.807) is 50.6 Å². The van der Waals surface area contributed by atoms with Crippen molar-refractivity contribution in [1.82, 2.24) is 0 Å². The number of methoxy groups -OCH3 is 3. The number of carbonyl (C=O) groups excluding carboxylic acids is 4. The fraction of sp³-hybridized carbons (Fsp3) is 0.256. The average Bonchev–Trinajstić information content (AvgIpc) is 3.57. The molecular formula is C43H33Br2Cl2FN2O8.